The van der Waals surface area contributed by atoms with Crippen LogP contribution in [0.25, 0.3) is 0 Å². The molecule has 0 amide bonds. The van der Waals surface area contributed by atoms with Crippen molar-refractivity contribution in [2.24, 2.45) is 0 Å². The Morgan fingerprint density at radius 2 is 0.821 bits per heavy atom. The Bertz CT molecular complexity index is 519. The second-order valence-electron chi connectivity index (χ2n) is 12.0. The molecular weight excluding hydrogens is 484 g/mol. The summed E-state index contributed by atoms with van der Waals surface area (Å²) >= 11 is 0. The number of carbonyl (C=O) groups excluding carboxylic acids is 1. The predicted molar refractivity (Wildman–Crippen MR) is 167 cm³/mol. The summed E-state index contributed by atoms with van der Waals surface area (Å²) in [5.74, 6) is -0.653. The van der Waals surface area contributed by atoms with Crippen LogP contribution < -0.4 is 0 Å². The van der Waals surface area contributed by atoms with Gasteiger partial charge in [-0.25, -0.2) is 0 Å². The number of carboxylic acid groups (broad SMARTS) is 1. The van der Waals surface area contributed by atoms with Crippen molar-refractivity contribution in [2.45, 2.75) is 213 Å². The molecule has 0 saturated carbocycles. The van der Waals surface area contributed by atoms with E-state index in [4.69, 9.17) is 9.84 Å². The lowest BCUT2D eigenvalue weighted by molar-refractivity contribution is -0.149. The summed E-state index contributed by atoms with van der Waals surface area (Å²) in [7, 11) is 0. The molecule has 0 aliphatic rings. The topological polar surface area (TPSA) is 63.6 Å². The van der Waals surface area contributed by atoms with Crippen LogP contribution in [-0.4, -0.2) is 23.1 Å². The summed E-state index contributed by atoms with van der Waals surface area (Å²) in [5, 5.41) is 8.64. The fraction of sp³-hybridized carbons (Fsp3) is 0.943. The second kappa shape index (κ2) is 31.5. The highest BCUT2D eigenvalue weighted by Crippen LogP contribution is 2.17. The van der Waals surface area contributed by atoms with Gasteiger partial charge >= 0.3 is 11.9 Å². The molecule has 0 aromatic rings. The van der Waals surface area contributed by atoms with E-state index in [9.17, 15) is 9.59 Å². The number of carboxylic acids is 1. The Morgan fingerprint density at radius 1 is 0.487 bits per heavy atom. The standard InChI is InChI=1S/C35H68O4/c1-3-5-6-7-8-9-10-11-12-17-20-23-26-29-32-35(38)39-33(4-2)30-27-24-21-18-15-13-14-16-19-22-25-28-31-34(36)37/h33H,3-32H2,1-2H3,(H,36,37). The molecule has 1 unspecified atom stereocenters. The molecule has 4 nitrogen and oxygen atoms in total. The fourth-order valence-corrected chi connectivity index (χ4v) is 5.47. The molecule has 0 aliphatic heterocycles. The molecule has 232 valence electrons. The van der Waals surface area contributed by atoms with Gasteiger partial charge in [-0.05, 0) is 32.1 Å². The number of hydrogen-bond donors (Lipinski definition) is 1. The lowest BCUT2D eigenvalue weighted by Crippen LogP contribution is -2.17. The molecule has 0 aromatic carbocycles. The maximum absolute atomic E-state index is 12.2. The maximum atomic E-state index is 12.2. The summed E-state index contributed by atoms with van der Waals surface area (Å²) in [6.45, 7) is 4.42. The highest BCUT2D eigenvalue weighted by molar-refractivity contribution is 5.69. The maximum Gasteiger partial charge on any atom is 0.306 e. The van der Waals surface area contributed by atoms with Gasteiger partial charge in [0.2, 0.25) is 0 Å². The molecule has 0 spiro atoms. The van der Waals surface area contributed by atoms with E-state index in [1.165, 1.54) is 141 Å². The monoisotopic (exact) mass is 553 g/mol. The van der Waals surface area contributed by atoms with E-state index < -0.39 is 5.97 Å². The van der Waals surface area contributed by atoms with Crippen molar-refractivity contribution in [1.29, 1.82) is 0 Å². The quantitative estimate of drug-likeness (QED) is 0.0665. The minimum Gasteiger partial charge on any atom is -0.481 e. The summed E-state index contributed by atoms with van der Waals surface area (Å²) in [6.07, 6.45) is 36.3. The zero-order chi connectivity index (χ0) is 28.7. The van der Waals surface area contributed by atoms with Crippen LogP contribution in [-0.2, 0) is 14.3 Å². The van der Waals surface area contributed by atoms with Crippen LogP contribution in [0.1, 0.15) is 206 Å². The largest absolute Gasteiger partial charge is 0.481 e. The molecule has 1 atom stereocenters. The van der Waals surface area contributed by atoms with E-state index in [1.807, 2.05) is 0 Å². The van der Waals surface area contributed by atoms with Crippen molar-refractivity contribution in [3.8, 4) is 0 Å². The first-order valence-electron chi connectivity index (χ1n) is 17.5. The van der Waals surface area contributed by atoms with Crippen LogP contribution in [0, 0.1) is 0 Å². The summed E-state index contributed by atoms with van der Waals surface area (Å²) < 4.78 is 5.76. The van der Waals surface area contributed by atoms with Crippen molar-refractivity contribution in [2.75, 3.05) is 0 Å². The molecule has 0 fully saturated rings. The third kappa shape index (κ3) is 31.3. The number of unbranched alkanes of at least 4 members (excludes halogenated alkanes) is 24. The first kappa shape index (κ1) is 37.9. The van der Waals surface area contributed by atoms with Crippen LogP contribution >= 0.6 is 0 Å². The van der Waals surface area contributed by atoms with E-state index in [0.717, 1.165) is 38.5 Å². The Morgan fingerprint density at radius 3 is 1.18 bits per heavy atom. The number of ether oxygens (including phenoxy) is 1. The average molecular weight is 553 g/mol. The van der Waals surface area contributed by atoms with Gasteiger partial charge in [0.1, 0.15) is 6.10 Å². The Hall–Kier alpha value is -1.06. The van der Waals surface area contributed by atoms with Gasteiger partial charge in [0.15, 0.2) is 0 Å². The van der Waals surface area contributed by atoms with Gasteiger partial charge in [0, 0.05) is 12.8 Å². The van der Waals surface area contributed by atoms with Crippen molar-refractivity contribution in [3.63, 3.8) is 0 Å². The Labute approximate surface area is 243 Å². The molecule has 0 bridgehead atoms. The van der Waals surface area contributed by atoms with E-state index in [-0.39, 0.29) is 12.1 Å². The average Bonchev–Trinajstić information content (AvgIpc) is 2.92. The van der Waals surface area contributed by atoms with Crippen molar-refractivity contribution < 1.29 is 19.4 Å². The third-order valence-electron chi connectivity index (χ3n) is 8.15. The number of carbonyl (C=O) groups is 2. The van der Waals surface area contributed by atoms with Gasteiger partial charge in [-0.1, -0.05) is 162 Å². The second-order valence-corrected chi connectivity index (χ2v) is 12.0. The molecule has 0 saturated heterocycles. The Kier molecular flexibility index (Phi) is 30.6. The van der Waals surface area contributed by atoms with E-state index in [0.29, 0.717) is 12.8 Å². The van der Waals surface area contributed by atoms with E-state index >= 15 is 0 Å². The first-order chi connectivity index (χ1) is 19.1. The fourth-order valence-electron chi connectivity index (χ4n) is 5.47. The lowest BCUT2D eigenvalue weighted by Gasteiger charge is -2.16. The van der Waals surface area contributed by atoms with Crippen LogP contribution in [0.3, 0.4) is 0 Å². The summed E-state index contributed by atoms with van der Waals surface area (Å²) in [4.78, 5) is 22.7. The number of aliphatic carboxylic acids is 1. The van der Waals surface area contributed by atoms with Crippen LogP contribution in [0.4, 0.5) is 0 Å². The van der Waals surface area contributed by atoms with Gasteiger partial charge in [-0.3, -0.25) is 9.59 Å². The molecule has 0 heterocycles. The summed E-state index contributed by atoms with van der Waals surface area (Å²) in [5.41, 5.74) is 0. The highest BCUT2D eigenvalue weighted by atomic mass is 16.5. The first-order valence-corrected chi connectivity index (χ1v) is 17.5. The number of rotatable bonds is 32. The number of hydrogen-bond acceptors (Lipinski definition) is 3. The van der Waals surface area contributed by atoms with Crippen molar-refractivity contribution >= 4 is 11.9 Å². The van der Waals surface area contributed by atoms with Gasteiger partial charge in [-0.15, -0.1) is 0 Å². The molecular formula is C35H68O4. The van der Waals surface area contributed by atoms with Gasteiger partial charge in [0.25, 0.3) is 0 Å². The normalized spacial score (nSPS) is 12.1. The van der Waals surface area contributed by atoms with Gasteiger partial charge in [0.05, 0.1) is 0 Å². The summed E-state index contributed by atoms with van der Waals surface area (Å²) in [6, 6.07) is 0. The lowest BCUT2D eigenvalue weighted by atomic mass is 10.0. The third-order valence-corrected chi connectivity index (χ3v) is 8.15. The van der Waals surface area contributed by atoms with Crippen molar-refractivity contribution in [1.82, 2.24) is 0 Å². The predicted octanol–water partition coefficient (Wildman–Crippen LogP) is 11.7. The minimum atomic E-state index is -0.670. The van der Waals surface area contributed by atoms with Crippen LogP contribution in [0.15, 0.2) is 0 Å². The van der Waals surface area contributed by atoms with Gasteiger partial charge < -0.3 is 9.84 Å². The Balaban J connectivity index is 3.41. The molecule has 0 aliphatic carbocycles. The zero-order valence-electron chi connectivity index (χ0n) is 26.5. The molecule has 0 radical (unpaired) electrons. The minimum absolute atomic E-state index is 0.0164. The number of esters is 1. The van der Waals surface area contributed by atoms with E-state index in [2.05, 4.69) is 13.8 Å². The highest BCUT2D eigenvalue weighted by Gasteiger charge is 2.12. The SMILES string of the molecule is CCCCCCCCCCCCCCCCC(=O)OC(CC)CCCCCCCCCCCCCCC(=O)O. The molecule has 4 heteroatoms. The van der Waals surface area contributed by atoms with Gasteiger partial charge in [-0.2, -0.15) is 0 Å². The zero-order valence-corrected chi connectivity index (χ0v) is 26.5. The van der Waals surface area contributed by atoms with Crippen LogP contribution in [0.5, 0.6) is 0 Å². The molecule has 39 heavy (non-hydrogen) atoms. The van der Waals surface area contributed by atoms with Crippen LogP contribution in [0.2, 0.25) is 0 Å². The smallest absolute Gasteiger partial charge is 0.306 e. The van der Waals surface area contributed by atoms with E-state index in [1.54, 1.807) is 0 Å². The molecule has 0 aromatic heterocycles. The molecule has 1 N–H and O–H groups in total. The van der Waals surface area contributed by atoms with Crippen molar-refractivity contribution in [3.05, 3.63) is 0 Å². The molecule has 0 rings (SSSR count).